The van der Waals surface area contributed by atoms with Gasteiger partial charge in [-0.05, 0) is 45.2 Å². The zero-order valence-corrected chi connectivity index (χ0v) is 13.1. The van der Waals surface area contributed by atoms with E-state index < -0.39 is 0 Å². The summed E-state index contributed by atoms with van der Waals surface area (Å²) in [5.41, 5.74) is 4.44. The van der Waals surface area contributed by atoms with Crippen LogP contribution in [0.3, 0.4) is 0 Å². The standard InChI is InChI=1S/C19H26/c1-12(2)16-10-15-8-7-9-17(13(3)4)19(15)18(11-16)14(5)6/h7-14H,1-6H3. The van der Waals surface area contributed by atoms with Crippen molar-refractivity contribution in [3.8, 4) is 0 Å². The molecule has 0 amide bonds. The molecule has 0 radical (unpaired) electrons. The maximum absolute atomic E-state index is 2.42. The normalized spacial score (nSPS) is 12.1. The van der Waals surface area contributed by atoms with E-state index in [0.717, 1.165) is 0 Å². The Balaban J connectivity index is 2.83. The fourth-order valence-electron chi connectivity index (χ4n) is 2.79. The molecule has 0 N–H and O–H groups in total. The molecule has 19 heavy (non-hydrogen) atoms. The Bertz CT molecular complexity index is 574. The van der Waals surface area contributed by atoms with Gasteiger partial charge in [0.15, 0.2) is 0 Å². The minimum absolute atomic E-state index is 0.570. The third-order valence-electron chi connectivity index (χ3n) is 3.97. The first-order valence-electron chi connectivity index (χ1n) is 7.48. The van der Waals surface area contributed by atoms with Crippen molar-refractivity contribution in [2.45, 2.75) is 59.3 Å². The van der Waals surface area contributed by atoms with Crippen LogP contribution in [-0.2, 0) is 0 Å². The van der Waals surface area contributed by atoms with Crippen molar-refractivity contribution in [3.05, 3.63) is 47.0 Å². The van der Waals surface area contributed by atoms with E-state index in [1.165, 1.54) is 27.5 Å². The second kappa shape index (κ2) is 5.36. The monoisotopic (exact) mass is 254 g/mol. The van der Waals surface area contributed by atoms with Gasteiger partial charge < -0.3 is 0 Å². The van der Waals surface area contributed by atoms with E-state index >= 15 is 0 Å². The van der Waals surface area contributed by atoms with Crippen LogP contribution in [0.15, 0.2) is 30.3 Å². The Morgan fingerprint density at radius 1 is 0.684 bits per heavy atom. The summed E-state index contributed by atoms with van der Waals surface area (Å²) >= 11 is 0. The molecule has 0 heteroatoms. The lowest BCUT2D eigenvalue weighted by Crippen LogP contribution is -1.99. The number of fused-ring (bicyclic) bond motifs is 1. The molecule has 0 heterocycles. The van der Waals surface area contributed by atoms with Crippen LogP contribution in [0.5, 0.6) is 0 Å². The SMILES string of the molecule is CC(C)c1cc(C(C)C)c2c(C(C)C)cccc2c1. The molecule has 0 aliphatic carbocycles. The molecule has 2 aromatic rings. The number of hydrogen-bond acceptors (Lipinski definition) is 0. The first kappa shape index (κ1) is 14.1. The zero-order chi connectivity index (χ0) is 14.2. The van der Waals surface area contributed by atoms with Gasteiger partial charge in [0.1, 0.15) is 0 Å². The third kappa shape index (κ3) is 2.68. The average molecular weight is 254 g/mol. The summed E-state index contributed by atoms with van der Waals surface area (Å²) in [5.74, 6) is 1.73. The molecule has 0 fully saturated rings. The van der Waals surface area contributed by atoms with Gasteiger partial charge in [0.25, 0.3) is 0 Å². The van der Waals surface area contributed by atoms with E-state index in [2.05, 4.69) is 71.9 Å². The minimum atomic E-state index is 0.570. The van der Waals surface area contributed by atoms with Crippen molar-refractivity contribution in [1.29, 1.82) is 0 Å². The highest BCUT2D eigenvalue weighted by atomic mass is 14.2. The largest absolute Gasteiger partial charge is 0.0613 e. The maximum atomic E-state index is 2.42. The van der Waals surface area contributed by atoms with Crippen molar-refractivity contribution in [3.63, 3.8) is 0 Å². The highest BCUT2D eigenvalue weighted by Crippen LogP contribution is 2.34. The van der Waals surface area contributed by atoms with Crippen molar-refractivity contribution < 1.29 is 0 Å². The molecule has 2 aromatic carbocycles. The lowest BCUT2D eigenvalue weighted by Gasteiger charge is -2.19. The van der Waals surface area contributed by atoms with E-state index in [9.17, 15) is 0 Å². The summed E-state index contributed by atoms with van der Waals surface area (Å²) in [7, 11) is 0. The Hall–Kier alpha value is -1.30. The Morgan fingerprint density at radius 3 is 1.84 bits per heavy atom. The predicted octanol–water partition coefficient (Wildman–Crippen LogP) is 6.21. The number of benzene rings is 2. The summed E-state index contributed by atoms with van der Waals surface area (Å²) in [6.45, 7) is 13.7. The van der Waals surface area contributed by atoms with Gasteiger partial charge in [0.2, 0.25) is 0 Å². The van der Waals surface area contributed by atoms with Gasteiger partial charge in [-0.1, -0.05) is 71.9 Å². The fourth-order valence-corrected chi connectivity index (χ4v) is 2.79. The summed E-state index contributed by atoms with van der Waals surface area (Å²) < 4.78 is 0. The van der Waals surface area contributed by atoms with Crippen molar-refractivity contribution >= 4 is 10.8 Å². The highest BCUT2D eigenvalue weighted by Gasteiger charge is 2.14. The minimum Gasteiger partial charge on any atom is -0.0613 e. The van der Waals surface area contributed by atoms with Crippen LogP contribution >= 0.6 is 0 Å². The van der Waals surface area contributed by atoms with E-state index in [1.54, 1.807) is 0 Å². The smallest absolute Gasteiger partial charge is 0.0114 e. The Kier molecular flexibility index (Phi) is 3.99. The third-order valence-corrected chi connectivity index (χ3v) is 3.97. The second-order valence-electron chi connectivity index (χ2n) is 6.52. The predicted molar refractivity (Wildman–Crippen MR) is 86.2 cm³/mol. The summed E-state index contributed by atoms with van der Waals surface area (Å²) in [4.78, 5) is 0. The van der Waals surface area contributed by atoms with Crippen LogP contribution in [-0.4, -0.2) is 0 Å². The highest BCUT2D eigenvalue weighted by molar-refractivity contribution is 5.90. The molecule has 0 aromatic heterocycles. The Morgan fingerprint density at radius 2 is 1.32 bits per heavy atom. The number of hydrogen-bond donors (Lipinski definition) is 0. The molecule has 102 valence electrons. The zero-order valence-electron chi connectivity index (χ0n) is 13.1. The lowest BCUT2D eigenvalue weighted by molar-refractivity contribution is 0.834. The van der Waals surface area contributed by atoms with Gasteiger partial charge in [-0.2, -0.15) is 0 Å². The van der Waals surface area contributed by atoms with Crippen LogP contribution in [0.2, 0.25) is 0 Å². The van der Waals surface area contributed by atoms with Crippen LogP contribution in [0.4, 0.5) is 0 Å². The fraction of sp³-hybridized carbons (Fsp3) is 0.474. The lowest BCUT2D eigenvalue weighted by atomic mass is 9.85. The van der Waals surface area contributed by atoms with Crippen LogP contribution in [0, 0.1) is 0 Å². The van der Waals surface area contributed by atoms with Crippen LogP contribution < -0.4 is 0 Å². The molecule has 0 aliphatic rings. The average Bonchev–Trinajstić information content (AvgIpc) is 2.36. The summed E-state index contributed by atoms with van der Waals surface area (Å²) in [6.07, 6.45) is 0. The summed E-state index contributed by atoms with van der Waals surface area (Å²) in [5, 5.41) is 2.89. The first-order valence-corrected chi connectivity index (χ1v) is 7.48. The molecule has 0 bridgehead atoms. The number of rotatable bonds is 3. The quantitative estimate of drug-likeness (QED) is 0.611. The molecule has 0 saturated heterocycles. The van der Waals surface area contributed by atoms with Gasteiger partial charge >= 0.3 is 0 Å². The van der Waals surface area contributed by atoms with E-state index in [1.807, 2.05) is 0 Å². The Labute approximate surface area is 117 Å². The maximum Gasteiger partial charge on any atom is -0.0114 e. The van der Waals surface area contributed by atoms with Crippen molar-refractivity contribution in [2.24, 2.45) is 0 Å². The van der Waals surface area contributed by atoms with Gasteiger partial charge in [-0.15, -0.1) is 0 Å². The molecule has 0 spiro atoms. The van der Waals surface area contributed by atoms with E-state index in [4.69, 9.17) is 0 Å². The van der Waals surface area contributed by atoms with Gasteiger partial charge in [0.05, 0.1) is 0 Å². The van der Waals surface area contributed by atoms with E-state index in [-0.39, 0.29) is 0 Å². The molecular weight excluding hydrogens is 228 g/mol. The second-order valence-corrected chi connectivity index (χ2v) is 6.52. The van der Waals surface area contributed by atoms with Crippen LogP contribution in [0.1, 0.15) is 76.0 Å². The molecule has 0 unspecified atom stereocenters. The molecule has 0 aliphatic heterocycles. The first-order chi connectivity index (χ1) is 8.91. The molecular formula is C19H26. The molecule has 0 nitrogen and oxygen atoms in total. The summed E-state index contributed by atoms with van der Waals surface area (Å²) in [6, 6.07) is 11.5. The topological polar surface area (TPSA) is 0 Å². The van der Waals surface area contributed by atoms with Gasteiger partial charge in [-0.3, -0.25) is 0 Å². The van der Waals surface area contributed by atoms with Gasteiger partial charge in [0, 0.05) is 0 Å². The van der Waals surface area contributed by atoms with Gasteiger partial charge in [-0.25, -0.2) is 0 Å². The molecule has 0 saturated carbocycles. The van der Waals surface area contributed by atoms with Crippen molar-refractivity contribution in [2.75, 3.05) is 0 Å². The molecule has 2 rings (SSSR count). The van der Waals surface area contributed by atoms with E-state index in [0.29, 0.717) is 17.8 Å². The van der Waals surface area contributed by atoms with Crippen LogP contribution in [0.25, 0.3) is 10.8 Å². The molecule has 0 atom stereocenters. The van der Waals surface area contributed by atoms with Crippen molar-refractivity contribution in [1.82, 2.24) is 0 Å².